The highest BCUT2D eigenvalue weighted by molar-refractivity contribution is 5.95. The van der Waals surface area contributed by atoms with Crippen molar-refractivity contribution in [3.05, 3.63) is 58.0 Å². The van der Waals surface area contributed by atoms with Gasteiger partial charge in [-0.25, -0.2) is 4.79 Å². The third kappa shape index (κ3) is 3.03. The molecule has 2 rings (SSSR count). The summed E-state index contributed by atoms with van der Waals surface area (Å²) in [5.74, 6) is -0.878. The van der Waals surface area contributed by atoms with E-state index in [4.69, 9.17) is 4.42 Å². The molecule has 0 aliphatic rings. The van der Waals surface area contributed by atoms with Crippen molar-refractivity contribution in [3.63, 3.8) is 0 Å². The van der Waals surface area contributed by atoms with Crippen molar-refractivity contribution in [2.24, 2.45) is 0 Å². The van der Waals surface area contributed by atoms with Gasteiger partial charge in [0, 0.05) is 5.56 Å². The maximum Gasteiger partial charge on any atom is 0.330 e. The van der Waals surface area contributed by atoms with Crippen molar-refractivity contribution in [2.75, 3.05) is 0 Å². The van der Waals surface area contributed by atoms with Crippen LogP contribution in [0.1, 0.15) is 44.6 Å². The topological polar surface area (TPSA) is 79.5 Å². The first kappa shape index (κ1) is 15.8. The zero-order chi connectivity index (χ0) is 16.4. The van der Waals surface area contributed by atoms with Gasteiger partial charge in [0.2, 0.25) is 0 Å². The van der Waals surface area contributed by atoms with Gasteiger partial charge < -0.3 is 14.8 Å². The molecule has 1 aromatic heterocycles. The quantitative estimate of drug-likeness (QED) is 0.909. The Morgan fingerprint density at radius 2 is 1.82 bits per heavy atom. The number of carboxylic acid groups (broad SMARTS) is 1. The van der Waals surface area contributed by atoms with Crippen molar-refractivity contribution in [2.45, 2.75) is 33.7 Å². The number of carbonyl (C=O) groups is 2. The number of rotatable bonds is 4. The minimum atomic E-state index is -1.11. The van der Waals surface area contributed by atoms with Crippen LogP contribution in [0.4, 0.5) is 0 Å². The third-order valence-electron chi connectivity index (χ3n) is 3.73. The Balaban J connectivity index is 2.34. The van der Waals surface area contributed by atoms with Crippen molar-refractivity contribution < 1.29 is 19.1 Å². The van der Waals surface area contributed by atoms with Gasteiger partial charge in [0.05, 0.1) is 0 Å². The van der Waals surface area contributed by atoms with E-state index < -0.39 is 17.9 Å². The van der Waals surface area contributed by atoms with Crippen LogP contribution in [-0.4, -0.2) is 17.0 Å². The number of furan rings is 1. The molecule has 1 atom stereocenters. The Morgan fingerprint density at radius 1 is 1.14 bits per heavy atom. The summed E-state index contributed by atoms with van der Waals surface area (Å²) in [6, 6.07) is 6.02. The molecule has 22 heavy (non-hydrogen) atoms. The van der Waals surface area contributed by atoms with Gasteiger partial charge in [-0.3, -0.25) is 4.79 Å². The van der Waals surface area contributed by atoms with E-state index in [9.17, 15) is 14.7 Å². The molecule has 1 amide bonds. The molecule has 0 saturated heterocycles. The largest absolute Gasteiger partial charge is 0.479 e. The first-order chi connectivity index (χ1) is 10.3. The summed E-state index contributed by atoms with van der Waals surface area (Å²) in [5.41, 5.74) is 3.08. The van der Waals surface area contributed by atoms with E-state index in [1.54, 1.807) is 32.0 Å². The zero-order valence-electron chi connectivity index (χ0n) is 13.1. The fourth-order valence-electron chi connectivity index (χ4n) is 2.42. The van der Waals surface area contributed by atoms with Crippen molar-refractivity contribution in [1.82, 2.24) is 5.32 Å². The molecule has 2 aromatic rings. The normalized spacial score (nSPS) is 12.0. The van der Waals surface area contributed by atoms with Gasteiger partial charge in [0.1, 0.15) is 5.76 Å². The number of nitrogens with one attached hydrogen (secondary N) is 1. The van der Waals surface area contributed by atoms with Crippen LogP contribution in [0, 0.1) is 27.7 Å². The molecule has 0 saturated carbocycles. The minimum Gasteiger partial charge on any atom is -0.479 e. The molecule has 5 heteroatoms. The fraction of sp³-hybridized carbons (Fsp3) is 0.294. The van der Waals surface area contributed by atoms with Crippen LogP contribution in [-0.2, 0) is 4.79 Å². The average molecular weight is 301 g/mol. The number of carboxylic acids is 1. The number of carbonyl (C=O) groups excluding carboxylic acids is 1. The van der Waals surface area contributed by atoms with E-state index in [0.29, 0.717) is 16.9 Å². The van der Waals surface area contributed by atoms with Crippen LogP contribution >= 0.6 is 0 Å². The second-order valence-corrected chi connectivity index (χ2v) is 5.40. The van der Waals surface area contributed by atoms with Gasteiger partial charge in [0.15, 0.2) is 11.8 Å². The SMILES string of the molecule is Cc1cc(C)c(C(=O)NC(C(=O)O)c2cccc(C)c2C)o1. The van der Waals surface area contributed by atoms with E-state index in [1.807, 2.05) is 19.9 Å². The highest BCUT2D eigenvalue weighted by atomic mass is 16.4. The number of hydrogen-bond donors (Lipinski definition) is 2. The number of benzene rings is 1. The van der Waals surface area contributed by atoms with Gasteiger partial charge in [-0.2, -0.15) is 0 Å². The monoisotopic (exact) mass is 301 g/mol. The maximum atomic E-state index is 12.3. The summed E-state index contributed by atoms with van der Waals surface area (Å²) in [6.45, 7) is 7.23. The number of aliphatic carboxylic acids is 1. The number of hydrogen-bond acceptors (Lipinski definition) is 3. The molecule has 0 spiro atoms. The second kappa shape index (κ2) is 6.05. The summed E-state index contributed by atoms with van der Waals surface area (Å²) < 4.78 is 5.34. The van der Waals surface area contributed by atoms with Crippen LogP contribution in [0.25, 0.3) is 0 Å². The maximum absolute atomic E-state index is 12.3. The second-order valence-electron chi connectivity index (χ2n) is 5.40. The van der Waals surface area contributed by atoms with Gasteiger partial charge >= 0.3 is 5.97 Å². The average Bonchev–Trinajstić information content (AvgIpc) is 2.78. The number of amides is 1. The van der Waals surface area contributed by atoms with Gasteiger partial charge in [-0.05, 0) is 50.5 Å². The van der Waals surface area contributed by atoms with E-state index in [0.717, 1.165) is 11.1 Å². The van der Waals surface area contributed by atoms with E-state index in [1.165, 1.54) is 0 Å². The first-order valence-corrected chi connectivity index (χ1v) is 6.98. The lowest BCUT2D eigenvalue weighted by atomic mass is 9.97. The van der Waals surface area contributed by atoms with Crippen LogP contribution in [0.15, 0.2) is 28.7 Å². The van der Waals surface area contributed by atoms with Gasteiger partial charge in [-0.1, -0.05) is 18.2 Å². The van der Waals surface area contributed by atoms with Crippen LogP contribution in [0.3, 0.4) is 0 Å². The molecule has 1 heterocycles. The highest BCUT2D eigenvalue weighted by Gasteiger charge is 2.26. The summed E-state index contributed by atoms with van der Waals surface area (Å²) >= 11 is 0. The Morgan fingerprint density at radius 3 is 2.36 bits per heavy atom. The molecule has 5 nitrogen and oxygen atoms in total. The fourth-order valence-corrected chi connectivity index (χ4v) is 2.42. The molecule has 0 bridgehead atoms. The molecule has 116 valence electrons. The molecule has 0 aliphatic carbocycles. The Bertz CT molecular complexity index is 730. The zero-order valence-corrected chi connectivity index (χ0v) is 13.1. The lowest BCUT2D eigenvalue weighted by molar-refractivity contribution is -0.139. The van der Waals surface area contributed by atoms with E-state index in [2.05, 4.69) is 5.32 Å². The summed E-state index contributed by atoms with van der Waals surface area (Å²) in [7, 11) is 0. The smallest absolute Gasteiger partial charge is 0.330 e. The van der Waals surface area contributed by atoms with Crippen LogP contribution in [0.5, 0.6) is 0 Å². The summed E-state index contributed by atoms with van der Waals surface area (Å²) in [4.78, 5) is 23.9. The lowest BCUT2D eigenvalue weighted by Gasteiger charge is -2.17. The third-order valence-corrected chi connectivity index (χ3v) is 3.73. The molecule has 0 fully saturated rings. The van der Waals surface area contributed by atoms with Crippen molar-refractivity contribution in [3.8, 4) is 0 Å². The number of aryl methyl sites for hydroxylation is 3. The predicted octanol–water partition coefficient (Wildman–Crippen LogP) is 3.07. The minimum absolute atomic E-state index is 0.147. The Labute approximate surface area is 129 Å². The van der Waals surface area contributed by atoms with E-state index >= 15 is 0 Å². The summed E-state index contributed by atoms with van der Waals surface area (Å²) in [6.07, 6.45) is 0. The van der Waals surface area contributed by atoms with Crippen molar-refractivity contribution in [1.29, 1.82) is 0 Å². The van der Waals surface area contributed by atoms with Crippen molar-refractivity contribution >= 4 is 11.9 Å². The molecular formula is C17H19NO4. The van der Waals surface area contributed by atoms with Gasteiger partial charge in [-0.15, -0.1) is 0 Å². The molecule has 1 aromatic carbocycles. The molecular weight excluding hydrogens is 282 g/mol. The predicted molar refractivity (Wildman–Crippen MR) is 81.9 cm³/mol. The lowest BCUT2D eigenvalue weighted by Crippen LogP contribution is -2.34. The molecule has 2 N–H and O–H groups in total. The van der Waals surface area contributed by atoms with Crippen LogP contribution < -0.4 is 5.32 Å². The molecule has 1 unspecified atom stereocenters. The molecule has 0 aliphatic heterocycles. The first-order valence-electron chi connectivity index (χ1n) is 6.98. The standard InChI is InChI=1S/C17H19NO4/c1-9-6-5-7-13(12(9)4)14(17(20)21)18-16(19)15-10(2)8-11(3)22-15/h5-8,14H,1-4H3,(H,18,19)(H,20,21). The summed E-state index contributed by atoms with van der Waals surface area (Å²) in [5, 5.41) is 12.0. The van der Waals surface area contributed by atoms with E-state index in [-0.39, 0.29) is 5.76 Å². The Kier molecular flexibility index (Phi) is 4.35. The van der Waals surface area contributed by atoms with Gasteiger partial charge in [0.25, 0.3) is 5.91 Å². The Hall–Kier alpha value is -2.56. The van der Waals surface area contributed by atoms with Crippen LogP contribution in [0.2, 0.25) is 0 Å². The highest BCUT2D eigenvalue weighted by Crippen LogP contribution is 2.22. The molecule has 0 radical (unpaired) electrons.